The molecule has 0 aromatic rings. The van der Waals surface area contributed by atoms with Crippen molar-refractivity contribution >= 4 is 24.3 Å². The van der Waals surface area contributed by atoms with Crippen molar-refractivity contribution in [2.24, 2.45) is 0 Å². The number of halogens is 3. The normalized spacial score (nSPS) is 14.2. The van der Waals surface area contributed by atoms with Crippen LogP contribution in [0.2, 0.25) is 0 Å². The van der Waals surface area contributed by atoms with Crippen molar-refractivity contribution in [1.29, 1.82) is 0 Å². The van der Waals surface area contributed by atoms with Gasteiger partial charge in [0.1, 0.15) is 0 Å². The van der Waals surface area contributed by atoms with Crippen LogP contribution < -0.4 is 5.32 Å². The lowest BCUT2D eigenvalue weighted by Crippen LogP contribution is -2.52. The first-order valence-corrected chi connectivity index (χ1v) is 6.31. The van der Waals surface area contributed by atoms with Crippen LogP contribution in [0.4, 0.5) is 8.78 Å². The Morgan fingerprint density at radius 3 is 1.40 bits per heavy atom. The predicted octanol–water partition coefficient (Wildman–Crippen LogP) is 2.78. The van der Waals surface area contributed by atoms with Crippen LogP contribution >= 0.6 is 12.4 Å². The van der Waals surface area contributed by atoms with Crippen LogP contribution in [-0.4, -0.2) is 41.2 Å². The molecule has 8 heteroatoms. The van der Waals surface area contributed by atoms with Gasteiger partial charge in [0, 0.05) is 0 Å². The molecular formula is C12H24ClF2NO4. The Hall–Kier alpha value is -0.950. The fraction of sp³-hybridized carbons (Fsp3) is 0.833. The maximum atomic E-state index is 11.5. The molecule has 1 heterocycles. The summed E-state index contributed by atoms with van der Waals surface area (Å²) in [6, 6.07) is 0. The molecule has 122 valence electrons. The fourth-order valence-corrected chi connectivity index (χ4v) is 0.991. The van der Waals surface area contributed by atoms with Gasteiger partial charge in [-0.2, -0.15) is 0 Å². The summed E-state index contributed by atoms with van der Waals surface area (Å²) in [6.07, 6.45) is 7.01. The van der Waals surface area contributed by atoms with E-state index in [1.165, 1.54) is 32.1 Å². The van der Waals surface area contributed by atoms with Crippen LogP contribution in [0.15, 0.2) is 0 Å². The van der Waals surface area contributed by atoms with Crippen molar-refractivity contribution < 1.29 is 28.6 Å². The van der Waals surface area contributed by atoms with Gasteiger partial charge < -0.3 is 15.5 Å². The van der Waals surface area contributed by atoms with Crippen molar-refractivity contribution in [3.8, 4) is 0 Å². The summed E-state index contributed by atoms with van der Waals surface area (Å²) in [6.45, 7) is 4.23. The zero-order valence-corrected chi connectivity index (χ0v) is 12.6. The SMILES string of the molecule is CCCCCCC.Cl.FC1(F)CNC1.O=C(O)C(=O)O. The van der Waals surface area contributed by atoms with Crippen molar-refractivity contribution in [2.75, 3.05) is 13.1 Å². The second kappa shape index (κ2) is 14.5. The predicted molar refractivity (Wildman–Crippen MR) is 74.8 cm³/mol. The van der Waals surface area contributed by atoms with Crippen LogP contribution in [0.5, 0.6) is 0 Å². The van der Waals surface area contributed by atoms with Crippen molar-refractivity contribution in [3.63, 3.8) is 0 Å². The van der Waals surface area contributed by atoms with Gasteiger partial charge in [0.05, 0.1) is 13.1 Å². The minimum Gasteiger partial charge on any atom is -0.473 e. The Bertz CT molecular complexity index is 244. The minimum atomic E-state index is -2.39. The summed E-state index contributed by atoms with van der Waals surface area (Å²) in [5, 5.41) is 17.2. The van der Waals surface area contributed by atoms with Gasteiger partial charge in [-0.3, -0.25) is 0 Å². The number of nitrogens with one attached hydrogen (secondary N) is 1. The lowest BCUT2D eigenvalue weighted by Gasteiger charge is -2.25. The van der Waals surface area contributed by atoms with E-state index < -0.39 is 17.9 Å². The smallest absolute Gasteiger partial charge is 0.414 e. The third kappa shape index (κ3) is 19.4. The van der Waals surface area contributed by atoms with Crippen molar-refractivity contribution in [3.05, 3.63) is 0 Å². The standard InChI is InChI=1S/C7H16.C3H5F2N.C2H2O4.ClH/c1-3-5-7-6-4-2;4-3(5)1-6-2-3;3-1(4)2(5)6;/h3-7H2,1-2H3;6H,1-2H2;(H,3,4)(H,5,6);1H. The van der Waals surface area contributed by atoms with Gasteiger partial charge in [-0.1, -0.05) is 46.0 Å². The van der Waals surface area contributed by atoms with Crippen molar-refractivity contribution in [2.45, 2.75) is 51.9 Å². The third-order valence-corrected chi connectivity index (χ3v) is 2.16. The largest absolute Gasteiger partial charge is 0.473 e. The number of aliphatic carboxylic acids is 2. The van der Waals surface area contributed by atoms with E-state index in [-0.39, 0.29) is 25.5 Å². The van der Waals surface area contributed by atoms with Gasteiger partial charge in [-0.25, -0.2) is 18.4 Å². The van der Waals surface area contributed by atoms with Crippen molar-refractivity contribution in [1.82, 2.24) is 5.32 Å². The first-order chi connectivity index (χ1) is 8.76. The molecule has 0 radical (unpaired) electrons. The highest BCUT2D eigenvalue weighted by Crippen LogP contribution is 2.16. The van der Waals surface area contributed by atoms with Crippen LogP contribution in [0.3, 0.4) is 0 Å². The number of carboxylic acid groups (broad SMARTS) is 2. The molecule has 20 heavy (non-hydrogen) atoms. The number of hydrogen-bond donors (Lipinski definition) is 3. The minimum absolute atomic E-state index is 0. The molecule has 0 unspecified atom stereocenters. The molecule has 0 aromatic heterocycles. The zero-order valence-electron chi connectivity index (χ0n) is 11.8. The van der Waals surface area contributed by atoms with Gasteiger partial charge in [0.15, 0.2) is 0 Å². The Morgan fingerprint density at radius 2 is 1.30 bits per heavy atom. The summed E-state index contributed by atoms with van der Waals surface area (Å²) >= 11 is 0. The number of carbonyl (C=O) groups is 2. The topological polar surface area (TPSA) is 86.6 Å². The summed E-state index contributed by atoms with van der Waals surface area (Å²) in [7, 11) is 0. The van der Waals surface area contributed by atoms with E-state index in [0.29, 0.717) is 0 Å². The molecule has 0 aliphatic carbocycles. The van der Waals surface area contributed by atoms with E-state index in [0.717, 1.165) is 0 Å². The van der Waals surface area contributed by atoms with Gasteiger partial charge >= 0.3 is 11.9 Å². The molecule has 0 spiro atoms. The van der Waals surface area contributed by atoms with Crippen LogP contribution in [0, 0.1) is 0 Å². The van der Waals surface area contributed by atoms with E-state index in [4.69, 9.17) is 19.8 Å². The van der Waals surface area contributed by atoms with E-state index in [1.54, 1.807) is 0 Å². The highest BCUT2D eigenvalue weighted by Gasteiger charge is 2.36. The van der Waals surface area contributed by atoms with Gasteiger partial charge in [-0.15, -0.1) is 12.4 Å². The Balaban J connectivity index is -0.000000212. The first-order valence-electron chi connectivity index (χ1n) is 6.31. The van der Waals surface area contributed by atoms with E-state index >= 15 is 0 Å². The number of hydrogen-bond acceptors (Lipinski definition) is 3. The quantitative estimate of drug-likeness (QED) is 0.548. The molecule has 0 bridgehead atoms. The van der Waals surface area contributed by atoms with E-state index in [9.17, 15) is 8.78 Å². The maximum absolute atomic E-state index is 11.5. The molecule has 0 saturated carbocycles. The first kappa shape index (κ1) is 24.1. The van der Waals surface area contributed by atoms with E-state index in [2.05, 4.69) is 19.2 Å². The average Bonchev–Trinajstić information content (AvgIpc) is 2.29. The molecule has 1 fully saturated rings. The van der Waals surface area contributed by atoms with Crippen LogP contribution in [0.1, 0.15) is 46.0 Å². The van der Waals surface area contributed by atoms with E-state index in [1.807, 2.05) is 0 Å². The van der Waals surface area contributed by atoms with Gasteiger partial charge in [0.2, 0.25) is 0 Å². The molecule has 0 amide bonds. The molecule has 0 atom stereocenters. The number of alkyl halides is 2. The zero-order chi connectivity index (χ0) is 15.3. The summed E-state index contributed by atoms with van der Waals surface area (Å²) < 4.78 is 23.0. The number of rotatable bonds is 4. The Labute approximate surface area is 124 Å². The highest BCUT2D eigenvalue weighted by molar-refractivity contribution is 6.27. The molecule has 1 aliphatic rings. The Morgan fingerprint density at radius 1 is 1.00 bits per heavy atom. The molecule has 1 aliphatic heterocycles. The monoisotopic (exact) mass is 319 g/mol. The molecule has 1 saturated heterocycles. The Kier molecular flexibility index (Phi) is 17.4. The number of unbranched alkanes of at least 4 members (excludes halogenated alkanes) is 4. The lowest BCUT2D eigenvalue weighted by atomic mass is 10.2. The molecule has 1 rings (SSSR count). The maximum Gasteiger partial charge on any atom is 0.414 e. The van der Waals surface area contributed by atoms with Gasteiger partial charge in [0.25, 0.3) is 5.92 Å². The molecule has 3 N–H and O–H groups in total. The summed E-state index contributed by atoms with van der Waals surface area (Å²) in [5.74, 6) is -6.04. The van der Waals surface area contributed by atoms with Crippen LogP contribution in [-0.2, 0) is 9.59 Å². The number of carboxylic acids is 2. The average molecular weight is 320 g/mol. The fourth-order valence-electron chi connectivity index (χ4n) is 0.991. The summed E-state index contributed by atoms with van der Waals surface area (Å²) in [5.41, 5.74) is 0. The lowest BCUT2D eigenvalue weighted by molar-refractivity contribution is -0.159. The van der Waals surface area contributed by atoms with Crippen LogP contribution in [0.25, 0.3) is 0 Å². The molecule has 5 nitrogen and oxygen atoms in total. The highest BCUT2D eigenvalue weighted by atomic mass is 35.5. The molecular weight excluding hydrogens is 296 g/mol. The second-order valence-electron chi connectivity index (χ2n) is 4.13. The molecule has 0 aromatic carbocycles. The van der Waals surface area contributed by atoms with Gasteiger partial charge in [-0.05, 0) is 0 Å². The third-order valence-electron chi connectivity index (χ3n) is 2.16. The summed E-state index contributed by atoms with van der Waals surface area (Å²) in [4.78, 5) is 18.2. The second-order valence-corrected chi connectivity index (χ2v) is 4.13.